The van der Waals surface area contributed by atoms with Crippen molar-refractivity contribution in [3.8, 4) is 0 Å². The summed E-state index contributed by atoms with van der Waals surface area (Å²) >= 11 is 0. The van der Waals surface area contributed by atoms with Gasteiger partial charge in [-0.2, -0.15) is 0 Å². The van der Waals surface area contributed by atoms with Crippen LogP contribution in [0.2, 0.25) is 0 Å². The number of aromatic amines is 1. The van der Waals surface area contributed by atoms with Crippen LogP contribution >= 0.6 is 0 Å². The molecule has 1 aromatic heterocycles. The minimum atomic E-state index is -0.190. The van der Waals surface area contributed by atoms with Crippen LogP contribution in [0.15, 0.2) is 28.6 Å². The summed E-state index contributed by atoms with van der Waals surface area (Å²) in [7, 11) is 0. The van der Waals surface area contributed by atoms with Crippen LogP contribution in [0.1, 0.15) is 19.4 Å². The number of hydrogen-bond acceptors (Lipinski definition) is 2. The molecule has 0 bridgehead atoms. The van der Waals surface area contributed by atoms with Crippen LogP contribution in [-0.4, -0.2) is 11.7 Å². The van der Waals surface area contributed by atoms with Crippen molar-refractivity contribution in [1.29, 1.82) is 0 Å². The van der Waals surface area contributed by atoms with Gasteiger partial charge < -0.3 is 4.98 Å². The molecular weight excluding hydrogens is 164 g/mol. The molecule has 13 heavy (non-hydrogen) atoms. The first-order valence-corrected chi connectivity index (χ1v) is 4.10. The van der Waals surface area contributed by atoms with Gasteiger partial charge >= 0.3 is 0 Å². The maximum Gasteiger partial charge on any atom is 0.257 e. The summed E-state index contributed by atoms with van der Waals surface area (Å²) in [6.07, 6.45) is 2.99. The first-order chi connectivity index (χ1) is 6.29. The standard InChI is InChI=1S/C8H8N2O.C2H6/c1-3-6-7(9-2)4-5-10-8(6)11;1-2/h3-5H,1-2H2,(H,10,11);1-2H3. The van der Waals surface area contributed by atoms with E-state index in [-0.39, 0.29) is 5.56 Å². The van der Waals surface area contributed by atoms with E-state index in [1.54, 1.807) is 6.07 Å². The first kappa shape index (κ1) is 11.4. The Morgan fingerprint density at radius 2 is 2.15 bits per heavy atom. The normalized spacial score (nSPS) is 8.15. The van der Waals surface area contributed by atoms with E-state index >= 15 is 0 Å². The fourth-order valence-corrected chi connectivity index (χ4v) is 0.815. The molecule has 0 aliphatic rings. The van der Waals surface area contributed by atoms with Gasteiger partial charge in [0.1, 0.15) is 0 Å². The summed E-state index contributed by atoms with van der Waals surface area (Å²) in [5.74, 6) is 0. The van der Waals surface area contributed by atoms with Gasteiger partial charge in [-0.3, -0.25) is 9.79 Å². The van der Waals surface area contributed by atoms with Gasteiger partial charge in [-0.05, 0) is 12.8 Å². The number of pyridine rings is 1. The monoisotopic (exact) mass is 178 g/mol. The molecule has 0 amide bonds. The van der Waals surface area contributed by atoms with Crippen molar-refractivity contribution < 1.29 is 0 Å². The van der Waals surface area contributed by atoms with Crippen molar-refractivity contribution in [2.45, 2.75) is 13.8 Å². The van der Waals surface area contributed by atoms with Crippen LogP contribution in [0, 0.1) is 0 Å². The minimum absolute atomic E-state index is 0.190. The number of aromatic nitrogens is 1. The number of nitrogens with one attached hydrogen (secondary N) is 1. The Hall–Kier alpha value is -1.64. The first-order valence-electron chi connectivity index (χ1n) is 4.10. The fourth-order valence-electron chi connectivity index (χ4n) is 0.815. The Morgan fingerprint density at radius 1 is 1.54 bits per heavy atom. The van der Waals surface area contributed by atoms with Crippen LogP contribution in [0.3, 0.4) is 0 Å². The molecule has 1 rings (SSSR count). The summed E-state index contributed by atoms with van der Waals surface area (Å²) in [4.78, 5) is 17.2. The van der Waals surface area contributed by atoms with Gasteiger partial charge in [0.2, 0.25) is 0 Å². The number of nitrogens with zero attached hydrogens (tertiary/aromatic N) is 1. The van der Waals surface area contributed by atoms with Crippen LogP contribution in [0.4, 0.5) is 5.69 Å². The van der Waals surface area contributed by atoms with Gasteiger partial charge in [0.15, 0.2) is 0 Å². The second kappa shape index (κ2) is 5.94. The van der Waals surface area contributed by atoms with E-state index in [0.29, 0.717) is 11.3 Å². The third-order valence-corrected chi connectivity index (χ3v) is 1.35. The number of rotatable bonds is 2. The SMILES string of the molecule is C=Cc1c(N=C)cc[nH]c1=O.CC. The summed E-state index contributed by atoms with van der Waals surface area (Å²) in [5.41, 5.74) is 0.830. The van der Waals surface area contributed by atoms with Crippen LogP contribution in [0.25, 0.3) is 6.08 Å². The van der Waals surface area contributed by atoms with E-state index in [9.17, 15) is 4.79 Å². The predicted molar refractivity (Wildman–Crippen MR) is 57.7 cm³/mol. The van der Waals surface area contributed by atoms with E-state index in [0.717, 1.165) is 0 Å². The predicted octanol–water partition coefficient (Wildman–Crippen LogP) is 2.38. The summed E-state index contributed by atoms with van der Waals surface area (Å²) in [6.45, 7) is 10.8. The van der Waals surface area contributed by atoms with Crippen molar-refractivity contribution in [1.82, 2.24) is 4.98 Å². The van der Waals surface area contributed by atoms with Gasteiger partial charge in [0, 0.05) is 6.20 Å². The van der Waals surface area contributed by atoms with Crippen LogP contribution < -0.4 is 5.56 Å². The van der Waals surface area contributed by atoms with Gasteiger partial charge in [-0.1, -0.05) is 26.5 Å². The largest absolute Gasteiger partial charge is 0.328 e. The Kier molecular flexibility index (Phi) is 5.19. The number of hydrogen-bond donors (Lipinski definition) is 1. The molecule has 0 atom stereocenters. The maximum absolute atomic E-state index is 11.0. The second-order valence-electron chi connectivity index (χ2n) is 1.97. The lowest BCUT2D eigenvalue weighted by molar-refractivity contribution is 1.22. The van der Waals surface area contributed by atoms with Gasteiger partial charge in [0.25, 0.3) is 5.56 Å². The third kappa shape index (κ3) is 2.71. The fraction of sp³-hybridized carbons (Fsp3) is 0.200. The Balaban J connectivity index is 0.000000671. The second-order valence-corrected chi connectivity index (χ2v) is 1.97. The Bertz CT molecular complexity index is 339. The highest BCUT2D eigenvalue weighted by atomic mass is 16.1. The highest BCUT2D eigenvalue weighted by molar-refractivity contribution is 5.63. The third-order valence-electron chi connectivity index (χ3n) is 1.35. The molecule has 70 valence electrons. The average molecular weight is 178 g/mol. The number of aliphatic imine (C=N–C) groups is 1. The van der Waals surface area contributed by atoms with Gasteiger partial charge in [-0.25, -0.2) is 0 Å². The van der Waals surface area contributed by atoms with Crippen molar-refractivity contribution in [2.24, 2.45) is 4.99 Å². The zero-order chi connectivity index (χ0) is 10.3. The molecule has 1 aromatic rings. The van der Waals surface area contributed by atoms with Gasteiger partial charge in [-0.15, -0.1) is 0 Å². The molecule has 0 spiro atoms. The molecule has 0 aromatic carbocycles. The zero-order valence-electron chi connectivity index (χ0n) is 8.00. The Morgan fingerprint density at radius 3 is 2.54 bits per heavy atom. The maximum atomic E-state index is 11.0. The van der Waals surface area contributed by atoms with E-state index in [4.69, 9.17) is 0 Å². The molecule has 1 heterocycles. The van der Waals surface area contributed by atoms with Crippen molar-refractivity contribution in [3.63, 3.8) is 0 Å². The smallest absolute Gasteiger partial charge is 0.257 e. The van der Waals surface area contributed by atoms with E-state index in [1.165, 1.54) is 12.3 Å². The lowest BCUT2D eigenvalue weighted by atomic mass is 10.2. The van der Waals surface area contributed by atoms with Crippen LogP contribution in [0.5, 0.6) is 0 Å². The molecular formula is C10H14N2O. The van der Waals surface area contributed by atoms with Crippen molar-refractivity contribution in [2.75, 3.05) is 0 Å². The zero-order valence-corrected chi connectivity index (χ0v) is 8.00. The molecule has 1 N–H and O–H groups in total. The molecule has 3 nitrogen and oxygen atoms in total. The lowest BCUT2D eigenvalue weighted by Gasteiger charge is -1.95. The van der Waals surface area contributed by atoms with E-state index in [2.05, 4.69) is 23.3 Å². The van der Waals surface area contributed by atoms with Crippen molar-refractivity contribution in [3.05, 3.63) is 34.8 Å². The molecule has 0 aliphatic heterocycles. The van der Waals surface area contributed by atoms with Crippen molar-refractivity contribution >= 4 is 18.5 Å². The molecule has 3 heteroatoms. The molecule has 0 fully saturated rings. The number of H-pyrrole nitrogens is 1. The summed E-state index contributed by atoms with van der Waals surface area (Å²) in [5, 5.41) is 0. The average Bonchev–Trinajstić information content (AvgIpc) is 2.20. The van der Waals surface area contributed by atoms with Crippen LogP contribution in [-0.2, 0) is 0 Å². The minimum Gasteiger partial charge on any atom is -0.328 e. The summed E-state index contributed by atoms with van der Waals surface area (Å²) in [6, 6.07) is 1.67. The summed E-state index contributed by atoms with van der Waals surface area (Å²) < 4.78 is 0. The molecule has 0 aliphatic carbocycles. The molecule has 0 saturated heterocycles. The molecule has 0 saturated carbocycles. The van der Waals surface area contributed by atoms with Gasteiger partial charge in [0.05, 0.1) is 11.3 Å². The Labute approximate surface area is 77.8 Å². The highest BCUT2D eigenvalue weighted by Gasteiger charge is 1.98. The lowest BCUT2D eigenvalue weighted by Crippen LogP contribution is -2.07. The topological polar surface area (TPSA) is 45.2 Å². The highest BCUT2D eigenvalue weighted by Crippen LogP contribution is 2.13. The van der Waals surface area contributed by atoms with E-state index < -0.39 is 0 Å². The quantitative estimate of drug-likeness (QED) is 0.694. The molecule has 0 radical (unpaired) electrons. The molecule has 0 unspecified atom stereocenters. The van der Waals surface area contributed by atoms with E-state index in [1.807, 2.05) is 13.8 Å².